The predicted octanol–water partition coefficient (Wildman–Crippen LogP) is 6.31. The second-order valence-electron chi connectivity index (χ2n) is 7.07. The first-order valence-electron chi connectivity index (χ1n) is 10.0. The zero-order valence-electron chi connectivity index (χ0n) is 16.6. The molecule has 154 valence electrons. The maximum absolute atomic E-state index is 6.18. The van der Waals surface area contributed by atoms with Crippen LogP contribution in [-0.2, 0) is 6.54 Å². The van der Waals surface area contributed by atoms with E-state index in [1.54, 1.807) is 24.4 Å². The van der Waals surface area contributed by atoms with Crippen LogP contribution in [0, 0.1) is 0 Å². The Morgan fingerprint density at radius 1 is 1.07 bits per heavy atom. The van der Waals surface area contributed by atoms with Gasteiger partial charge in [0.2, 0.25) is 0 Å². The van der Waals surface area contributed by atoms with E-state index >= 15 is 0 Å². The molecule has 0 fully saturated rings. The molecule has 2 heterocycles. The Morgan fingerprint density at radius 3 is 2.77 bits per heavy atom. The zero-order valence-corrected chi connectivity index (χ0v) is 18.2. The number of fused-ring (bicyclic) bond motifs is 3. The largest absolute Gasteiger partial charge is 0.324 e. The third kappa shape index (κ3) is 4.40. The molecule has 0 unspecified atom stereocenters. The standard InChI is InChI=1S/C22H22Cl2N6/c1-2-3-4-7-12-30-19-9-6-5-8-17(19)20-21(30)26-22(29-27-20)28-25-14-15-10-11-16(23)13-18(15)24/h5-6,8-11,13-14H,2-4,7,12H2,1H3,(H,26,28,29)/b25-14+. The lowest BCUT2D eigenvalue weighted by Crippen LogP contribution is -2.03. The van der Waals surface area contributed by atoms with Gasteiger partial charge in [0.1, 0.15) is 5.52 Å². The molecule has 2 aromatic heterocycles. The fourth-order valence-corrected chi connectivity index (χ4v) is 3.90. The van der Waals surface area contributed by atoms with Crippen LogP contribution in [0.2, 0.25) is 10.0 Å². The Labute approximate surface area is 184 Å². The van der Waals surface area contributed by atoms with Crippen molar-refractivity contribution in [3.8, 4) is 0 Å². The summed E-state index contributed by atoms with van der Waals surface area (Å²) >= 11 is 12.1. The smallest absolute Gasteiger partial charge is 0.265 e. The van der Waals surface area contributed by atoms with Crippen LogP contribution < -0.4 is 5.43 Å². The number of halogens is 2. The number of hydrogen-bond acceptors (Lipinski definition) is 5. The van der Waals surface area contributed by atoms with Gasteiger partial charge in [-0.2, -0.15) is 10.1 Å². The van der Waals surface area contributed by atoms with Gasteiger partial charge in [-0.1, -0.05) is 73.7 Å². The number of anilines is 1. The SMILES string of the molecule is CCCCCCn1c2ccccc2c2nnc(N/N=C/c3ccc(Cl)cc3Cl)nc21. The molecule has 0 amide bonds. The maximum atomic E-state index is 6.18. The molecule has 0 radical (unpaired) electrons. The molecule has 1 N–H and O–H groups in total. The highest BCUT2D eigenvalue weighted by Crippen LogP contribution is 2.27. The van der Waals surface area contributed by atoms with E-state index in [2.05, 4.69) is 49.3 Å². The van der Waals surface area contributed by atoms with Gasteiger partial charge in [-0.15, -0.1) is 10.2 Å². The molecule has 4 aromatic rings. The zero-order chi connectivity index (χ0) is 20.9. The lowest BCUT2D eigenvalue weighted by molar-refractivity contribution is 0.600. The van der Waals surface area contributed by atoms with Gasteiger partial charge in [0, 0.05) is 22.5 Å². The van der Waals surface area contributed by atoms with Gasteiger partial charge in [-0.25, -0.2) is 5.43 Å². The molecule has 8 heteroatoms. The quantitative estimate of drug-likeness (QED) is 0.198. The first-order valence-corrected chi connectivity index (χ1v) is 10.8. The lowest BCUT2D eigenvalue weighted by Gasteiger charge is -2.06. The van der Waals surface area contributed by atoms with Crippen LogP contribution in [0.4, 0.5) is 5.95 Å². The summed E-state index contributed by atoms with van der Waals surface area (Å²) in [6, 6.07) is 13.4. The highest BCUT2D eigenvalue weighted by Gasteiger charge is 2.14. The normalized spacial score (nSPS) is 11.7. The van der Waals surface area contributed by atoms with Crippen LogP contribution in [-0.4, -0.2) is 26.0 Å². The van der Waals surface area contributed by atoms with Crippen molar-refractivity contribution >= 4 is 57.4 Å². The van der Waals surface area contributed by atoms with Crippen molar-refractivity contribution in [1.29, 1.82) is 0 Å². The monoisotopic (exact) mass is 440 g/mol. The summed E-state index contributed by atoms with van der Waals surface area (Å²) in [5, 5.41) is 15.0. The molecule has 0 atom stereocenters. The number of aryl methyl sites for hydroxylation is 1. The first kappa shape index (κ1) is 20.6. The molecule has 0 bridgehead atoms. The number of aromatic nitrogens is 4. The highest BCUT2D eigenvalue weighted by atomic mass is 35.5. The molecule has 0 saturated heterocycles. The molecule has 30 heavy (non-hydrogen) atoms. The Morgan fingerprint density at radius 2 is 1.93 bits per heavy atom. The molecule has 0 saturated carbocycles. The van der Waals surface area contributed by atoms with Gasteiger partial charge in [0.05, 0.1) is 16.8 Å². The topological polar surface area (TPSA) is 68.0 Å². The summed E-state index contributed by atoms with van der Waals surface area (Å²) in [7, 11) is 0. The number of para-hydroxylation sites is 1. The first-order chi connectivity index (χ1) is 14.7. The van der Waals surface area contributed by atoms with Crippen molar-refractivity contribution in [1.82, 2.24) is 19.7 Å². The van der Waals surface area contributed by atoms with Crippen LogP contribution in [0.15, 0.2) is 47.6 Å². The number of unbranched alkanes of at least 4 members (excludes halogenated alkanes) is 3. The third-order valence-electron chi connectivity index (χ3n) is 4.94. The van der Waals surface area contributed by atoms with E-state index in [1.165, 1.54) is 19.3 Å². The summed E-state index contributed by atoms with van der Waals surface area (Å²) in [6.07, 6.45) is 6.34. The van der Waals surface area contributed by atoms with Gasteiger partial charge in [0.25, 0.3) is 5.95 Å². The fraction of sp³-hybridized carbons (Fsp3) is 0.273. The minimum Gasteiger partial charge on any atom is -0.324 e. The van der Waals surface area contributed by atoms with E-state index < -0.39 is 0 Å². The van der Waals surface area contributed by atoms with Gasteiger partial charge >= 0.3 is 0 Å². The lowest BCUT2D eigenvalue weighted by atomic mass is 10.2. The number of benzene rings is 2. The molecule has 0 spiro atoms. The van der Waals surface area contributed by atoms with E-state index in [1.807, 2.05) is 12.1 Å². The van der Waals surface area contributed by atoms with Gasteiger partial charge in [-0.3, -0.25) is 0 Å². The second kappa shape index (κ2) is 9.41. The van der Waals surface area contributed by atoms with Crippen molar-refractivity contribution in [2.24, 2.45) is 5.10 Å². The molecular weight excluding hydrogens is 419 g/mol. The van der Waals surface area contributed by atoms with Crippen LogP contribution in [0.5, 0.6) is 0 Å². The van der Waals surface area contributed by atoms with Gasteiger partial charge in [-0.05, 0) is 24.6 Å². The van der Waals surface area contributed by atoms with Gasteiger partial charge in [0.15, 0.2) is 5.65 Å². The van der Waals surface area contributed by atoms with E-state index in [9.17, 15) is 0 Å². The molecular formula is C22H22Cl2N6. The second-order valence-corrected chi connectivity index (χ2v) is 7.92. The summed E-state index contributed by atoms with van der Waals surface area (Å²) in [6.45, 7) is 3.11. The summed E-state index contributed by atoms with van der Waals surface area (Å²) < 4.78 is 2.22. The van der Waals surface area contributed by atoms with Crippen LogP contribution in [0.1, 0.15) is 38.2 Å². The van der Waals surface area contributed by atoms with Crippen molar-refractivity contribution in [3.63, 3.8) is 0 Å². The van der Waals surface area contributed by atoms with E-state index in [0.717, 1.165) is 40.6 Å². The van der Waals surface area contributed by atoms with Crippen LogP contribution >= 0.6 is 23.2 Å². The van der Waals surface area contributed by atoms with Crippen LogP contribution in [0.3, 0.4) is 0 Å². The van der Waals surface area contributed by atoms with Crippen molar-refractivity contribution in [2.75, 3.05) is 5.43 Å². The van der Waals surface area contributed by atoms with Gasteiger partial charge < -0.3 is 4.57 Å². The van der Waals surface area contributed by atoms with E-state index in [0.29, 0.717) is 16.0 Å². The Balaban J connectivity index is 1.62. The number of hydrogen-bond donors (Lipinski definition) is 1. The summed E-state index contributed by atoms with van der Waals surface area (Å²) in [5.41, 5.74) is 6.33. The Hall–Kier alpha value is -2.70. The number of nitrogens with one attached hydrogen (secondary N) is 1. The Bertz CT molecular complexity index is 1200. The number of nitrogens with zero attached hydrogens (tertiary/aromatic N) is 5. The molecule has 2 aromatic carbocycles. The highest BCUT2D eigenvalue weighted by molar-refractivity contribution is 6.36. The minimum absolute atomic E-state index is 0.335. The van der Waals surface area contributed by atoms with Crippen molar-refractivity contribution < 1.29 is 0 Å². The fourth-order valence-electron chi connectivity index (χ4n) is 3.44. The minimum atomic E-state index is 0.335. The molecule has 0 aliphatic heterocycles. The predicted molar refractivity (Wildman–Crippen MR) is 125 cm³/mol. The average molecular weight is 441 g/mol. The van der Waals surface area contributed by atoms with Crippen LogP contribution in [0.25, 0.3) is 22.1 Å². The Kier molecular flexibility index (Phi) is 6.45. The van der Waals surface area contributed by atoms with E-state index in [4.69, 9.17) is 23.2 Å². The number of rotatable bonds is 8. The average Bonchev–Trinajstić information content (AvgIpc) is 3.06. The number of hydrazone groups is 1. The molecule has 0 aliphatic carbocycles. The molecule has 0 aliphatic rings. The van der Waals surface area contributed by atoms with E-state index in [-0.39, 0.29) is 0 Å². The molecule has 6 nitrogen and oxygen atoms in total. The maximum Gasteiger partial charge on any atom is 0.265 e. The van der Waals surface area contributed by atoms with Crippen molar-refractivity contribution in [2.45, 2.75) is 39.2 Å². The summed E-state index contributed by atoms with van der Waals surface area (Å²) in [5.74, 6) is 0.335. The molecule has 4 rings (SSSR count). The third-order valence-corrected chi connectivity index (χ3v) is 5.50. The van der Waals surface area contributed by atoms with Crippen molar-refractivity contribution in [3.05, 3.63) is 58.1 Å². The summed E-state index contributed by atoms with van der Waals surface area (Å²) in [4.78, 5) is 4.69.